The summed E-state index contributed by atoms with van der Waals surface area (Å²) in [6.45, 7) is 7.14. The number of nitrogens with zero attached hydrogens (tertiary/aromatic N) is 1. The van der Waals surface area contributed by atoms with Gasteiger partial charge in [0, 0.05) is 19.1 Å². The highest BCUT2D eigenvalue weighted by atomic mass is 16.5. The second-order valence-electron chi connectivity index (χ2n) is 4.97. The van der Waals surface area contributed by atoms with Gasteiger partial charge >= 0.3 is 5.97 Å². The van der Waals surface area contributed by atoms with Crippen LogP contribution in [0.15, 0.2) is 0 Å². The number of likely N-dealkylation sites (tertiary alicyclic amines) is 1. The molecule has 4 nitrogen and oxygen atoms in total. The quantitative estimate of drug-likeness (QED) is 0.720. The van der Waals surface area contributed by atoms with Gasteiger partial charge in [0.2, 0.25) is 0 Å². The topological polar surface area (TPSA) is 41.6 Å². The number of esters is 1. The van der Waals surface area contributed by atoms with E-state index in [0.717, 1.165) is 19.5 Å². The Morgan fingerprint density at radius 1 is 1.62 bits per heavy atom. The molecule has 0 aliphatic carbocycles. The van der Waals surface area contributed by atoms with Crippen LogP contribution in [0.3, 0.4) is 0 Å². The van der Waals surface area contributed by atoms with Crippen molar-refractivity contribution in [2.75, 3.05) is 33.8 Å². The van der Waals surface area contributed by atoms with Crippen molar-refractivity contribution in [3.8, 4) is 0 Å². The first-order valence-electron chi connectivity index (χ1n) is 6.04. The van der Waals surface area contributed by atoms with Crippen LogP contribution in [0.5, 0.6) is 0 Å². The molecule has 1 fully saturated rings. The maximum absolute atomic E-state index is 11.2. The van der Waals surface area contributed by atoms with Crippen molar-refractivity contribution in [1.29, 1.82) is 0 Å². The minimum Gasteiger partial charge on any atom is -0.469 e. The fourth-order valence-corrected chi connectivity index (χ4v) is 2.27. The highest BCUT2D eigenvalue weighted by Crippen LogP contribution is 2.15. The molecule has 3 atom stereocenters. The van der Waals surface area contributed by atoms with E-state index in [0.29, 0.717) is 18.5 Å². The normalized spacial score (nSPS) is 28.8. The number of hydrogen-bond donors (Lipinski definition) is 1. The lowest BCUT2D eigenvalue weighted by Gasteiger charge is -2.35. The van der Waals surface area contributed by atoms with Crippen LogP contribution < -0.4 is 5.32 Å². The molecule has 4 heteroatoms. The Balaban J connectivity index is 2.29. The highest BCUT2D eigenvalue weighted by Gasteiger charge is 2.24. The van der Waals surface area contributed by atoms with Gasteiger partial charge in [0.25, 0.3) is 0 Å². The number of methoxy groups -OCH3 is 1. The molecule has 1 N–H and O–H groups in total. The zero-order chi connectivity index (χ0) is 12.1. The van der Waals surface area contributed by atoms with Crippen molar-refractivity contribution < 1.29 is 9.53 Å². The number of nitrogens with one attached hydrogen (secondary N) is 1. The second kappa shape index (κ2) is 6.21. The van der Waals surface area contributed by atoms with Crippen molar-refractivity contribution in [3.05, 3.63) is 0 Å². The standard InChI is InChI=1S/C12H24N2O2/c1-9(12(15)16-4)7-13-11-5-6-14(3)8-10(11)2/h9-11,13H,5-8H2,1-4H3. The second-order valence-corrected chi connectivity index (χ2v) is 4.97. The molecule has 0 bridgehead atoms. The summed E-state index contributed by atoms with van der Waals surface area (Å²) in [5.74, 6) is 0.452. The number of carbonyl (C=O) groups excluding carboxylic acids is 1. The van der Waals surface area contributed by atoms with Gasteiger partial charge < -0.3 is 15.0 Å². The molecule has 3 unspecified atom stereocenters. The van der Waals surface area contributed by atoms with Crippen LogP contribution >= 0.6 is 0 Å². The summed E-state index contributed by atoms with van der Waals surface area (Å²) in [6.07, 6.45) is 1.16. The van der Waals surface area contributed by atoms with E-state index in [4.69, 9.17) is 4.74 Å². The summed E-state index contributed by atoms with van der Waals surface area (Å²) < 4.78 is 4.71. The van der Waals surface area contributed by atoms with Gasteiger partial charge in [-0.15, -0.1) is 0 Å². The van der Waals surface area contributed by atoms with E-state index in [-0.39, 0.29) is 11.9 Å². The average Bonchev–Trinajstić information content (AvgIpc) is 2.26. The van der Waals surface area contributed by atoms with E-state index in [1.807, 2.05) is 6.92 Å². The van der Waals surface area contributed by atoms with Crippen molar-refractivity contribution in [2.24, 2.45) is 11.8 Å². The van der Waals surface area contributed by atoms with Gasteiger partial charge in [-0.3, -0.25) is 4.79 Å². The average molecular weight is 228 g/mol. The third-order valence-electron chi connectivity index (χ3n) is 3.40. The van der Waals surface area contributed by atoms with Crippen LogP contribution in [0.2, 0.25) is 0 Å². The summed E-state index contributed by atoms with van der Waals surface area (Å²) >= 11 is 0. The number of rotatable bonds is 4. The van der Waals surface area contributed by atoms with Crippen molar-refractivity contribution in [3.63, 3.8) is 0 Å². The minimum absolute atomic E-state index is 0.0585. The van der Waals surface area contributed by atoms with Crippen molar-refractivity contribution >= 4 is 5.97 Å². The Labute approximate surface area is 98.3 Å². The zero-order valence-corrected chi connectivity index (χ0v) is 10.8. The van der Waals surface area contributed by atoms with E-state index in [2.05, 4.69) is 24.2 Å². The molecule has 94 valence electrons. The molecule has 0 aromatic heterocycles. The van der Waals surface area contributed by atoms with E-state index in [1.165, 1.54) is 7.11 Å². The van der Waals surface area contributed by atoms with Gasteiger partial charge in [-0.2, -0.15) is 0 Å². The third kappa shape index (κ3) is 3.76. The molecule has 0 amide bonds. The predicted molar refractivity (Wildman–Crippen MR) is 64.2 cm³/mol. The Hall–Kier alpha value is -0.610. The summed E-state index contributed by atoms with van der Waals surface area (Å²) in [6, 6.07) is 0.531. The molecule has 0 aromatic carbocycles. The first kappa shape index (κ1) is 13.5. The first-order valence-corrected chi connectivity index (χ1v) is 6.04. The van der Waals surface area contributed by atoms with Gasteiger partial charge in [-0.05, 0) is 25.9 Å². The molecule has 0 saturated carbocycles. The van der Waals surface area contributed by atoms with E-state index >= 15 is 0 Å². The Kier molecular flexibility index (Phi) is 5.22. The molecule has 1 aliphatic heterocycles. The lowest BCUT2D eigenvalue weighted by atomic mass is 9.94. The van der Waals surface area contributed by atoms with Gasteiger partial charge in [-0.25, -0.2) is 0 Å². The third-order valence-corrected chi connectivity index (χ3v) is 3.40. The number of ether oxygens (including phenoxy) is 1. The highest BCUT2D eigenvalue weighted by molar-refractivity contribution is 5.72. The number of piperidine rings is 1. The SMILES string of the molecule is COC(=O)C(C)CNC1CCN(C)CC1C. The zero-order valence-electron chi connectivity index (χ0n) is 10.8. The molecule has 1 aliphatic rings. The molecule has 0 radical (unpaired) electrons. The first-order chi connectivity index (χ1) is 7.54. The molecule has 1 rings (SSSR count). The number of carbonyl (C=O) groups is 1. The molecule has 0 aromatic rings. The molecule has 0 spiro atoms. The maximum atomic E-state index is 11.2. The maximum Gasteiger partial charge on any atom is 0.309 e. The lowest BCUT2D eigenvalue weighted by Crippen LogP contribution is -2.48. The molecule has 1 saturated heterocycles. The van der Waals surface area contributed by atoms with Gasteiger partial charge in [-0.1, -0.05) is 13.8 Å². The Bertz CT molecular complexity index is 233. The Morgan fingerprint density at radius 3 is 2.88 bits per heavy atom. The van der Waals surface area contributed by atoms with Crippen LogP contribution in [0.25, 0.3) is 0 Å². The lowest BCUT2D eigenvalue weighted by molar-refractivity contribution is -0.144. The molecular formula is C12H24N2O2. The molecule has 1 heterocycles. The van der Waals surface area contributed by atoms with Crippen LogP contribution in [0, 0.1) is 11.8 Å². The summed E-state index contributed by atoms with van der Waals surface area (Å²) in [7, 11) is 3.60. The summed E-state index contributed by atoms with van der Waals surface area (Å²) in [5.41, 5.74) is 0. The smallest absolute Gasteiger partial charge is 0.309 e. The van der Waals surface area contributed by atoms with Crippen LogP contribution in [0.4, 0.5) is 0 Å². The monoisotopic (exact) mass is 228 g/mol. The summed E-state index contributed by atoms with van der Waals surface area (Å²) in [4.78, 5) is 13.6. The predicted octanol–water partition coefficient (Wildman–Crippen LogP) is 0.725. The molecular weight excluding hydrogens is 204 g/mol. The largest absolute Gasteiger partial charge is 0.469 e. The van der Waals surface area contributed by atoms with Crippen molar-refractivity contribution in [1.82, 2.24) is 10.2 Å². The van der Waals surface area contributed by atoms with Crippen LogP contribution in [0.1, 0.15) is 20.3 Å². The van der Waals surface area contributed by atoms with Gasteiger partial charge in [0.1, 0.15) is 0 Å². The minimum atomic E-state index is -0.131. The van der Waals surface area contributed by atoms with Gasteiger partial charge in [0.15, 0.2) is 0 Å². The molecule has 16 heavy (non-hydrogen) atoms. The van der Waals surface area contributed by atoms with Crippen molar-refractivity contribution in [2.45, 2.75) is 26.3 Å². The van der Waals surface area contributed by atoms with Crippen LogP contribution in [-0.4, -0.2) is 50.7 Å². The van der Waals surface area contributed by atoms with Gasteiger partial charge in [0.05, 0.1) is 13.0 Å². The van der Waals surface area contributed by atoms with E-state index in [9.17, 15) is 4.79 Å². The summed E-state index contributed by atoms with van der Waals surface area (Å²) in [5, 5.41) is 3.48. The Morgan fingerprint density at radius 2 is 2.31 bits per heavy atom. The number of hydrogen-bond acceptors (Lipinski definition) is 4. The van der Waals surface area contributed by atoms with E-state index in [1.54, 1.807) is 0 Å². The van der Waals surface area contributed by atoms with E-state index < -0.39 is 0 Å². The van der Waals surface area contributed by atoms with Crippen LogP contribution in [-0.2, 0) is 9.53 Å². The fourth-order valence-electron chi connectivity index (χ4n) is 2.27. The fraction of sp³-hybridized carbons (Fsp3) is 0.917.